The van der Waals surface area contributed by atoms with Crippen LogP contribution >= 0.6 is 11.3 Å². The zero-order valence-electron chi connectivity index (χ0n) is 16.0. The number of para-hydroxylation sites is 1. The summed E-state index contributed by atoms with van der Waals surface area (Å²) in [6.07, 6.45) is 3.16. The number of methoxy groups -OCH3 is 1. The Morgan fingerprint density at radius 2 is 1.86 bits per heavy atom. The van der Waals surface area contributed by atoms with E-state index < -0.39 is 5.97 Å². The lowest BCUT2D eigenvalue weighted by Gasteiger charge is -2.03. The van der Waals surface area contributed by atoms with Crippen LogP contribution in [0.4, 0.5) is 5.13 Å². The standard InChI is InChI=1S/C20H20N4O3S/c1-12-16(14(3)24(23-12)15-8-6-5-7-9-15)10-11-17(25)22-20-21-13(2)18(28-20)19(26)27-4/h5-11H,1-4H3,(H,21,22,25)/b11-10+. The molecule has 8 heteroatoms. The number of esters is 1. The third kappa shape index (κ3) is 4.01. The van der Waals surface area contributed by atoms with Crippen molar-refractivity contribution in [3.05, 3.63) is 63.9 Å². The van der Waals surface area contributed by atoms with Gasteiger partial charge in [0.25, 0.3) is 0 Å². The number of aryl methyl sites for hydroxylation is 2. The van der Waals surface area contributed by atoms with Crippen LogP contribution in [-0.4, -0.2) is 33.8 Å². The minimum Gasteiger partial charge on any atom is -0.465 e. The van der Waals surface area contributed by atoms with Crippen molar-refractivity contribution in [1.82, 2.24) is 14.8 Å². The fraction of sp³-hybridized carbons (Fsp3) is 0.200. The number of rotatable bonds is 5. The monoisotopic (exact) mass is 396 g/mol. The summed E-state index contributed by atoms with van der Waals surface area (Å²) >= 11 is 1.08. The third-order valence-corrected chi connectivity index (χ3v) is 5.20. The molecule has 2 heterocycles. The van der Waals surface area contributed by atoms with Crippen molar-refractivity contribution in [3.63, 3.8) is 0 Å². The first-order valence-corrected chi connectivity index (χ1v) is 9.38. The zero-order chi connectivity index (χ0) is 20.3. The van der Waals surface area contributed by atoms with Gasteiger partial charge in [0.2, 0.25) is 5.91 Å². The van der Waals surface area contributed by atoms with Crippen LogP contribution in [0.5, 0.6) is 0 Å². The highest BCUT2D eigenvalue weighted by Crippen LogP contribution is 2.23. The van der Waals surface area contributed by atoms with Gasteiger partial charge >= 0.3 is 5.97 Å². The number of nitrogens with one attached hydrogen (secondary N) is 1. The molecule has 0 unspecified atom stereocenters. The van der Waals surface area contributed by atoms with Crippen molar-refractivity contribution in [2.45, 2.75) is 20.8 Å². The number of anilines is 1. The van der Waals surface area contributed by atoms with Gasteiger partial charge in [-0.1, -0.05) is 29.5 Å². The van der Waals surface area contributed by atoms with Crippen molar-refractivity contribution >= 4 is 34.4 Å². The van der Waals surface area contributed by atoms with Gasteiger partial charge in [-0.05, 0) is 39.0 Å². The maximum Gasteiger partial charge on any atom is 0.350 e. The molecule has 0 aliphatic carbocycles. The normalized spacial score (nSPS) is 11.0. The van der Waals surface area contributed by atoms with Gasteiger partial charge in [-0.15, -0.1) is 0 Å². The summed E-state index contributed by atoms with van der Waals surface area (Å²) in [5.74, 6) is -0.804. The Hall–Kier alpha value is -3.26. The molecule has 1 amide bonds. The third-order valence-electron chi connectivity index (χ3n) is 4.15. The minimum atomic E-state index is -0.467. The molecule has 0 fully saturated rings. The lowest BCUT2D eigenvalue weighted by atomic mass is 10.2. The molecule has 1 aromatic carbocycles. The summed E-state index contributed by atoms with van der Waals surface area (Å²) < 4.78 is 6.55. The average Bonchev–Trinajstić information content (AvgIpc) is 3.19. The molecule has 144 valence electrons. The lowest BCUT2D eigenvalue weighted by molar-refractivity contribution is -0.111. The molecule has 7 nitrogen and oxygen atoms in total. The molecule has 3 aromatic rings. The maximum atomic E-state index is 12.3. The lowest BCUT2D eigenvalue weighted by Crippen LogP contribution is -2.07. The van der Waals surface area contributed by atoms with Crippen LogP contribution in [-0.2, 0) is 9.53 Å². The number of nitrogens with zero attached hydrogens (tertiary/aromatic N) is 3. The van der Waals surface area contributed by atoms with E-state index in [9.17, 15) is 9.59 Å². The molecule has 0 bridgehead atoms. The Morgan fingerprint density at radius 3 is 2.54 bits per heavy atom. The van der Waals surface area contributed by atoms with E-state index in [0.717, 1.165) is 34.0 Å². The predicted molar refractivity (Wildman–Crippen MR) is 109 cm³/mol. The van der Waals surface area contributed by atoms with Gasteiger partial charge < -0.3 is 4.74 Å². The number of hydrogen-bond acceptors (Lipinski definition) is 6. The topological polar surface area (TPSA) is 86.1 Å². The van der Waals surface area contributed by atoms with Crippen molar-refractivity contribution < 1.29 is 14.3 Å². The molecule has 0 saturated carbocycles. The van der Waals surface area contributed by atoms with Crippen molar-refractivity contribution in [1.29, 1.82) is 0 Å². The number of thiazole rings is 1. The van der Waals surface area contributed by atoms with Gasteiger partial charge in [-0.3, -0.25) is 10.1 Å². The van der Waals surface area contributed by atoms with Gasteiger partial charge in [0.05, 0.1) is 24.2 Å². The van der Waals surface area contributed by atoms with E-state index in [2.05, 4.69) is 15.4 Å². The summed E-state index contributed by atoms with van der Waals surface area (Å²) in [6.45, 7) is 5.55. The molecule has 0 saturated heterocycles. The highest BCUT2D eigenvalue weighted by atomic mass is 32.1. The van der Waals surface area contributed by atoms with Crippen LogP contribution in [0.15, 0.2) is 36.4 Å². The Morgan fingerprint density at radius 1 is 1.14 bits per heavy atom. The minimum absolute atomic E-state index is 0.337. The fourth-order valence-corrected chi connectivity index (χ4v) is 3.64. The number of amides is 1. The number of benzene rings is 1. The Labute approximate surface area is 166 Å². The molecule has 0 atom stereocenters. The number of hydrogen-bond donors (Lipinski definition) is 1. The number of aromatic nitrogens is 3. The molecule has 1 N–H and O–H groups in total. The van der Waals surface area contributed by atoms with Gasteiger partial charge in [0.15, 0.2) is 5.13 Å². The van der Waals surface area contributed by atoms with E-state index in [1.165, 1.54) is 13.2 Å². The first kappa shape index (κ1) is 19.5. The van der Waals surface area contributed by atoms with E-state index in [-0.39, 0.29) is 5.91 Å². The quantitative estimate of drug-likeness (QED) is 0.525. The van der Waals surface area contributed by atoms with E-state index >= 15 is 0 Å². The largest absolute Gasteiger partial charge is 0.465 e. The average molecular weight is 396 g/mol. The SMILES string of the molecule is COC(=O)c1sc(NC(=O)/C=C/c2c(C)nn(-c3ccccc3)c2C)nc1C. The van der Waals surface area contributed by atoms with E-state index in [1.807, 2.05) is 48.9 Å². The second kappa shape index (κ2) is 8.18. The molecular weight excluding hydrogens is 376 g/mol. The fourth-order valence-electron chi connectivity index (χ4n) is 2.75. The molecule has 0 aliphatic heterocycles. The Balaban J connectivity index is 1.76. The summed E-state index contributed by atoms with van der Waals surface area (Å²) in [5, 5.41) is 7.58. The van der Waals surface area contributed by atoms with Gasteiger partial charge in [-0.2, -0.15) is 5.10 Å². The van der Waals surface area contributed by atoms with Gasteiger partial charge in [0.1, 0.15) is 4.88 Å². The second-order valence-electron chi connectivity index (χ2n) is 6.08. The molecule has 0 aliphatic rings. The molecule has 28 heavy (non-hydrogen) atoms. The highest BCUT2D eigenvalue weighted by Gasteiger charge is 2.16. The van der Waals surface area contributed by atoms with Gasteiger partial charge in [0, 0.05) is 17.3 Å². The predicted octanol–water partition coefficient (Wildman–Crippen LogP) is 3.69. The first-order chi connectivity index (χ1) is 13.4. The van der Waals surface area contributed by atoms with E-state index in [4.69, 9.17) is 4.74 Å². The summed E-state index contributed by atoms with van der Waals surface area (Å²) in [6, 6.07) is 9.81. The van der Waals surface area contributed by atoms with Crippen LogP contribution in [0.25, 0.3) is 11.8 Å². The summed E-state index contributed by atoms with van der Waals surface area (Å²) in [7, 11) is 1.31. The van der Waals surface area contributed by atoms with Crippen LogP contribution in [0.2, 0.25) is 0 Å². The Bertz CT molecular complexity index is 1050. The molecule has 0 spiro atoms. The number of ether oxygens (including phenoxy) is 1. The Kier molecular flexibility index (Phi) is 5.70. The zero-order valence-corrected chi connectivity index (χ0v) is 16.8. The maximum absolute atomic E-state index is 12.3. The number of carbonyl (C=O) groups excluding carboxylic acids is 2. The van der Waals surface area contributed by atoms with Gasteiger partial charge in [-0.25, -0.2) is 14.5 Å². The molecule has 3 rings (SSSR count). The van der Waals surface area contributed by atoms with Crippen LogP contribution < -0.4 is 5.32 Å². The van der Waals surface area contributed by atoms with Crippen LogP contribution in [0.3, 0.4) is 0 Å². The second-order valence-corrected chi connectivity index (χ2v) is 7.08. The van der Waals surface area contributed by atoms with Crippen molar-refractivity contribution in [2.75, 3.05) is 12.4 Å². The van der Waals surface area contributed by atoms with E-state index in [1.54, 1.807) is 13.0 Å². The smallest absolute Gasteiger partial charge is 0.350 e. The number of carbonyl (C=O) groups is 2. The van der Waals surface area contributed by atoms with Crippen molar-refractivity contribution in [3.8, 4) is 5.69 Å². The highest BCUT2D eigenvalue weighted by molar-refractivity contribution is 7.17. The van der Waals surface area contributed by atoms with Crippen LogP contribution in [0.1, 0.15) is 32.3 Å². The first-order valence-electron chi connectivity index (χ1n) is 8.57. The summed E-state index contributed by atoms with van der Waals surface area (Å²) in [4.78, 5) is 28.5. The molecule has 2 aromatic heterocycles. The summed E-state index contributed by atoms with van der Waals surface area (Å²) in [5.41, 5.74) is 4.12. The molecular formula is C20H20N4O3S. The molecule has 0 radical (unpaired) electrons. The van der Waals surface area contributed by atoms with E-state index in [0.29, 0.717) is 15.7 Å². The van der Waals surface area contributed by atoms with Crippen LogP contribution in [0, 0.1) is 20.8 Å². The van der Waals surface area contributed by atoms with Crippen molar-refractivity contribution in [2.24, 2.45) is 0 Å².